The van der Waals surface area contributed by atoms with E-state index in [0.717, 1.165) is 6.54 Å². The van der Waals surface area contributed by atoms with E-state index < -0.39 is 0 Å². The smallest absolute Gasteiger partial charge is 0.338 e. The van der Waals surface area contributed by atoms with Gasteiger partial charge in [0.15, 0.2) is 11.9 Å². The molecule has 1 aliphatic rings. The number of para-hydroxylation sites is 4. The van der Waals surface area contributed by atoms with Crippen LogP contribution in [0.4, 0.5) is 5.95 Å². The molecule has 0 saturated carbocycles. The summed E-state index contributed by atoms with van der Waals surface area (Å²) >= 11 is 0. The number of ether oxygens (including phenoxy) is 4. The van der Waals surface area contributed by atoms with Gasteiger partial charge in [0.1, 0.15) is 23.0 Å². The number of likely N-dealkylation sites (N-methyl/N-ethyl adjacent to an activating group) is 2. The number of quaternary nitrogens is 1. The van der Waals surface area contributed by atoms with Gasteiger partial charge in [-0.05, 0) is 55.6 Å². The number of rotatable bonds is 10. The first-order valence-electron chi connectivity index (χ1n) is 15.5. The third-order valence-electron chi connectivity index (χ3n) is 7.88. The number of aromatic nitrogens is 6. The Bertz CT molecular complexity index is 1840. The zero-order valence-corrected chi connectivity index (χ0v) is 26.5. The Morgan fingerprint density at radius 3 is 1.25 bits per heavy atom. The van der Waals surface area contributed by atoms with Crippen molar-refractivity contribution in [2.75, 3.05) is 33.7 Å². The van der Waals surface area contributed by atoms with Crippen molar-refractivity contribution in [1.29, 1.82) is 0 Å². The van der Waals surface area contributed by atoms with E-state index in [9.17, 15) is 0 Å². The summed E-state index contributed by atoms with van der Waals surface area (Å²) in [5, 5.41) is 0. The highest BCUT2D eigenvalue weighted by atomic mass is 16.5. The minimum atomic E-state index is -0.375. The van der Waals surface area contributed by atoms with Crippen LogP contribution in [0.2, 0.25) is 0 Å². The second-order valence-corrected chi connectivity index (χ2v) is 11.4. The SMILES string of the molecule is CN1CC[N+](C)(c2nc(Oc3ccccc3)nc(Oc3ccccc3)n2)C(c2nc(Oc3ccccc3)nc(Oc3ccccc3)n2)C1. The number of piperazine rings is 1. The average Bonchev–Trinajstić information content (AvgIpc) is 3.11. The lowest BCUT2D eigenvalue weighted by Gasteiger charge is -2.44. The Morgan fingerprint density at radius 1 is 0.521 bits per heavy atom. The van der Waals surface area contributed by atoms with Crippen molar-refractivity contribution in [3.05, 3.63) is 127 Å². The Hall–Kier alpha value is -5.98. The van der Waals surface area contributed by atoms with Crippen LogP contribution in [0.3, 0.4) is 0 Å². The topological polar surface area (TPSA) is 118 Å². The van der Waals surface area contributed by atoms with E-state index in [-0.39, 0.29) is 34.6 Å². The third-order valence-corrected chi connectivity index (χ3v) is 7.88. The van der Waals surface area contributed by atoms with Gasteiger partial charge in [-0.15, -0.1) is 19.9 Å². The lowest BCUT2D eigenvalue weighted by atomic mass is 10.1. The Kier molecular flexibility index (Phi) is 8.81. The summed E-state index contributed by atoms with van der Waals surface area (Å²) in [5.41, 5.74) is 0. The van der Waals surface area contributed by atoms with Gasteiger partial charge in [-0.3, -0.25) is 4.90 Å². The molecule has 0 spiro atoms. The second-order valence-electron chi connectivity index (χ2n) is 11.4. The van der Waals surface area contributed by atoms with Crippen molar-refractivity contribution in [3.63, 3.8) is 0 Å². The fourth-order valence-corrected chi connectivity index (χ4v) is 5.29. The average molecular weight is 642 g/mol. The molecule has 0 aliphatic carbocycles. The van der Waals surface area contributed by atoms with Crippen molar-refractivity contribution < 1.29 is 18.9 Å². The lowest BCUT2D eigenvalue weighted by molar-refractivity contribution is 0.103. The Morgan fingerprint density at radius 2 is 0.875 bits per heavy atom. The van der Waals surface area contributed by atoms with Crippen LogP contribution in [-0.2, 0) is 0 Å². The van der Waals surface area contributed by atoms with Crippen molar-refractivity contribution in [2.24, 2.45) is 0 Å². The van der Waals surface area contributed by atoms with Gasteiger partial charge in [0.2, 0.25) is 0 Å². The summed E-state index contributed by atoms with van der Waals surface area (Å²) < 4.78 is 24.7. The van der Waals surface area contributed by atoms with E-state index in [1.807, 2.05) is 128 Å². The molecule has 7 rings (SSSR count). The van der Waals surface area contributed by atoms with Crippen molar-refractivity contribution in [3.8, 4) is 47.0 Å². The van der Waals surface area contributed by atoms with Gasteiger partial charge in [-0.25, -0.2) is 4.48 Å². The van der Waals surface area contributed by atoms with Crippen LogP contribution in [-0.4, -0.2) is 68.5 Å². The molecule has 48 heavy (non-hydrogen) atoms. The summed E-state index contributed by atoms with van der Waals surface area (Å²) in [6.45, 7) is 1.95. The number of nitrogens with zero attached hydrogens (tertiary/aromatic N) is 8. The van der Waals surface area contributed by atoms with Crippen LogP contribution >= 0.6 is 0 Å². The number of benzene rings is 4. The van der Waals surface area contributed by atoms with Crippen LogP contribution in [0.5, 0.6) is 47.0 Å². The monoisotopic (exact) mass is 641 g/mol. The van der Waals surface area contributed by atoms with Crippen LogP contribution in [0, 0.1) is 0 Å². The van der Waals surface area contributed by atoms with Gasteiger partial charge < -0.3 is 18.9 Å². The van der Waals surface area contributed by atoms with Gasteiger partial charge >= 0.3 is 30.0 Å². The Labute approximate surface area is 277 Å². The standard InChI is InChI=1S/C36H33N8O4/c1-43-23-24-44(2,32-39-35(47-28-19-11-5-12-20-28)42-36(40-32)48-29-21-13-6-14-22-29)30(25-43)31-37-33(45-26-15-7-3-8-16-26)41-34(38-31)46-27-17-9-4-10-18-27/h3-22,30H,23-25H2,1-2H3/q+1. The summed E-state index contributed by atoms with van der Waals surface area (Å²) in [6.07, 6.45) is 0. The first-order valence-corrected chi connectivity index (χ1v) is 15.5. The predicted molar refractivity (Wildman–Crippen MR) is 179 cm³/mol. The van der Waals surface area contributed by atoms with Crippen molar-refractivity contribution in [2.45, 2.75) is 6.04 Å². The van der Waals surface area contributed by atoms with Gasteiger partial charge in [0, 0.05) is 6.54 Å². The molecule has 0 bridgehead atoms. The summed E-state index contributed by atoms with van der Waals surface area (Å²) in [7, 11) is 4.10. The van der Waals surface area contributed by atoms with Crippen LogP contribution < -0.4 is 23.4 Å². The molecule has 0 radical (unpaired) electrons. The Balaban J connectivity index is 1.31. The molecule has 240 valence electrons. The molecule has 6 aromatic rings. The maximum absolute atomic E-state index is 6.12. The molecule has 1 saturated heterocycles. The summed E-state index contributed by atoms with van der Waals surface area (Å²) in [5.74, 6) is 3.22. The van der Waals surface area contributed by atoms with Crippen LogP contribution in [0.1, 0.15) is 11.9 Å². The lowest BCUT2D eigenvalue weighted by Crippen LogP contribution is -2.60. The first kappa shape index (κ1) is 30.7. The second kappa shape index (κ2) is 13.8. The largest absolute Gasteiger partial charge is 0.424 e. The molecular formula is C36H33N8O4+. The summed E-state index contributed by atoms with van der Waals surface area (Å²) in [4.78, 5) is 30.6. The molecule has 3 heterocycles. The van der Waals surface area contributed by atoms with Crippen molar-refractivity contribution >= 4 is 5.95 Å². The maximum Gasteiger partial charge on any atom is 0.338 e. The first-order chi connectivity index (χ1) is 23.5. The van der Waals surface area contributed by atoms with E-state index in [1.165, 1.54) is 0 Å². The van der Waals surface area contributed by atoms with Gasteiger partial charge in [-0.1, -0.05) is 72.8 Å². The molecule has 12 heteroatoms. The van der Waals surface area contributed by atoms with E-state index in [0.29, 0.717) is 47.9 Å². The zero-order valence-electron chi connectivity index (χ0n) is 26.5. The van der Waals surface area contributed by atoms with Gasteiger partial charge in [-0.2, -0.15) is 9.97 Å². The summed E-state index contributed by atoms with van der Waals surface area (Å²) in [6, 6.07) is 37.5. The quantitative estimate of drug-likeness (QED) is 0.146. The minimum absolute atomic E-state index is 0.103. The van der Waals surface area contributed by atoms with E-state index >= 15 is 0 Å². The molecule has 2 atom stereocenters. The highest BCUT2D eigenvalue weighted by Crippen LogP contribution is 2.37. The van der Waals surface area contributed by atoms with E-state index in [1.54, 1.807) is 0 Å². The molecule has 4 aromatic carbocycles. The fourth-order valence-electron chi connectivity index (χ4n) is 5.29. The van der Waals surface area contributed by atoms with Crippen molar-refractivity contribution in [1.82, 2.24) is 39.3 Å². The molecule has 2 aromatic heterocycles. The van der Waals surface area contributed by atoms with E-state index in [4.69, 9.17) is 38.9 Å². The highest BCUT2D eigenvalue weighted by Gasteiger charge is 2.46. The molecule has 1 fully saturated rings. The molecule has 0 amide bonds. The minimum Gasteiger partial charge on any atom is -0.424 e. The molecule has 2 unspecified atom stereocenters. The van der Waals surface area contributed by atoms with Crippen LogP contribution in [0.15, 0.2) is 121 Å². The molecule has 0 N–H and O–H groups in total. The maximum atomic E-state index is 6.12. The zero-order chi connectivity index (χ0) is 32.8. The van der Waals surface area contributed by atoms with E-state index in [2.05, 4.69) is 21.9 Å². The fraction of sp³-hybridized carbons (Fsp3) is 0.167. The molecule has 12 nitrogen and oxygen atoms in total. The number of hydrogen-bond donors (Lipinski definition) is 0. The normalized spacial score (nSPS) is 17.8. The number of hydrogen-bond acceptors (Lipinski definition) is 11. The molecule has 1 aliphatic heterocycles. The predicted octanol–water partition coefficient (Wildman–Crippen LogP) is 6.85. The van der Waals surface area contributed by atoms with Crippen LogP contribution in [0.25, 0.3) is 0 Å². The third kappa shape index (κ3) is 7.20. The highest BCUT2D eigenvalue weighted by molar-refractivity contribution is 5.36. The van der Waals surface area contributed by atoms with Gasteiger partial charge in [0.05, 0.1) is 20.1 Å². The molecular weight excluding hydrogens is 608 g/mol. The van der Waals surface area contributed by atoms with Gasteiger partial charge in [0.25, 0.3) is 0 Å².